The van der Waals surface area contributed by atoms with Gasteiger partial charge in [-0.2, -0.15) is 0 Å². The molecule has 0 radical (unpaired) electrons. The van der Waals surface area contributed by atoms with Gasteiger partial charge in [-0.3, -0.25) is 4.79 Å². The molecule has 2 N–H and O–H groups in total. The van der Waals surface area contributed by atoms with Crippen molar-refractivity contribution < 1.29 is 4.79 Å². The molecule has 5 aromatic rings. The summed E-state index contributed by atoms with van der Waals surface area (Å²) in [4.78, 5) is 21.2. The van der Waals surface area contributed by atoms with Crippen LogP contribution in [-0.2, 0) is 6.54 Å². The molecule has 5 rings (SSSR count). The lowest BCUT2D eigenvalue weighted by molar-refractivity contribution is 0.0946. The zero-order valence-corrected chi connectivity index (χ0v) is 17.8. The summed E-state index contributed by atoms with van der Waals surface area (Å²) in [5.74, 6) is -0.254. The number of H-pyrrole nitrogens is 1. The van der Waals surface area contributed by atoms with Crippen molar-refractivity contribution in [2.45, 2.75) is 6.54 Å². The maximum atomic E-state index is 13.0. The van der Waals surface area contributed by atoms with Gasteiger partial charge in [-0.25, -0.2) is 4.98 Å². The van der Waals surface area contributed by atoms with E-state index in [1.807, 2.05) is 72.8 Å². The van der Waals surface area contributed by atoms with Gasteiger partial charge in [0.05, 0.1) is 11.2 Å². The SMILES string of the molecule is O=C(NCc1cccc(Cl)c1)c1cc2c([nH]c3ccccc32)c(-c2cccc(Cl)c2)n1. The molecule has 0 aliphatic rings. The maximum Gasteiger partial charge on any atom is 0.270 e. The van der Waals surface area contributed by atoms with Gasteiger partial charge in [-0.05, 0) is 42.0 Å². The molecule has 2 aromatic heterocycles. The topological polar surface area (TPSA) is 57.8 Å². The minimum atomic E-state index is -0.254. The lowest BCUT2D eigenvalue weighted by Gasteiger charge is -2.09. The van der Waals surface area contributed by atoms with Crippen molar-refractivity contribution in [2.75, 3.05) is 0 Å². The fraction of sp³-hybridized carbons (Fsp3) is 0.0400. The van der Waals surface area contributed by atoms with Gasteiger partial charge in [-0.15, -0.1) is 0 Å². The first kappa shape index (κ1) is 19.6. The summed E-state index contributed by atoms with van der Waals surface area (Å²) in [5, 5.41) is 6.16. The molecule has 31 heavy (non-hydrogen) atoms. The maximum absolute atomic E-state index is 13.0. The summed E-state index contributed by atoms with van der Waals surface area (Å²) < 4.78 is 0. The molecule has 0 atom stereocenters. The molecule has 0 aliphatic carbocycles. The molecule has 0 spiro atoms. The number of benzene rings is 3. The first-order chi connectivity index (χ1) is 15.1. The molecule has 2 heterocycles. The Kier molecular flexibility index (Phi) is 5.10. The van der Waals surface area contributed by atoms with E-state index in [0.29, 0.717) is 28.0 Å². The van der Waals surface area contributed by atoms with E-state index in [4.69, 9.17) is 28.2 Å². The minimum Gasteiger partial charge on any atom is -0.353 e. The molecule has 1 amide bonds. The van der Waals surface area contributed by atoms with E-state index in [1.54, 1.807) is 6.07 Å². The van der Waals surface area contributed by atoms with E-state index < -0.39 is 0 Å². The first-order valence-electron chi connectivity index (χ1n) is 9.78. The van der Waals surface area contributed by atoms with Gasteiger partial charge in [-0.1, -0.05) is 65.7 Å². The number of aromatic amines is 1. The number of rotatable bonds is 4. The van der Waals surface area contributed by atoms with Crippen molar-refractivity contribution in [1.82, 2.24) is 15.3 Å². The summed E-state index contributed by atoms with van der Waals surface area (Å²) in [7, 11) is 0. The predicted molar refractivity (Wildman–Crippen MR) is 127 cm³/mol. The van der Waals surface area contributed by atoms with Crippen LogP contribution in [0, 0.1) is 0 Å². The van der Waals surface area contributed by atoms with Crippen LogP contribution in [0.3, 0.4) is 0 Å². The van der Waals surface area contributed by atoms with Gasteiger partial charge in [0.25, 0.3) is 5.91 Å². The number of para-hydroxylation sites is 1. The van der Waals surface area contributed by atoms with E-state index >= 15 is 0 Å². The number of carbonyl (C=O) groups is 1. The molecule has 0 bridgehead atoms. The summed E-state index contributed by atoms with van der Waals surface area (Å²) in [5.41, 5.74) is 4.64. The Balaban J connectivity index is 1.61. The quantitative estimate of drug-likeness (QED) is 0.326. The smallest absolute Gasteiger partial charge is 0.270 e. The molecular formula is C25H17Cl2N3O. The highest BCUT2D eigenvalue weighted by atomic mass is 35.5. The Bertz CT molecular complexity index is 1440. The average Bonchev–Trinajstić information content (AvgIpc) is 3.15. The highest BCUT2D eigenvalue weighted by Gasteiger charge is 2.17. The largest absolute Gasteiger partial charge is 0.353 e. The Morgan fingerprint density at radius 2 is 1.65 bits per heavy atom. The Morgan fingerprint density at radius 3 is 2.45 bits per heavy atom. The molecule has 0 unspecified atom stereocenters. The zero-order chi connectivity index (χ0) is 21.4. The van der Waals surface area contributed by atoms with Gasteiger partial charge in [0.2, 0.25) is 0 Å². The number of nitrogens with one attached hydrogen (secondary N) is 2. The van der Waals surface area contributed by atoms with Crippen LogP contribution >= 0.6 is 23.2 Å². The van der Waals surface area contributed by atoms with Crippen molar-refractivity contribution in [3.8, 4) is 11.3 Å². The Hall–Kier alpha value is -3.34. The monoisotopic (exact) mass is 445 g/mol. The number of hydrogen-bond donors (Lipinski definition) is 2. The number of pyridine rings is 1. The molecule has 3 aromatic carbocycles. The molecule has 4 nitrogen and oxygen atoms in total. The molecule has 0 saturated heterocycles. The number of nitrogens with zero attached hydrogens (tertiary/aromatic N) is 1. The second-order valence-corrected chi connectivity index (χ2v) is 8.15. The van der Waals surface area contributed by atoms with Crippen LogP contribution in [0.4, 0.5) is 0 Å². The third-order valence-corrected chi connectivity index (χ3v) is 5.64. The van der Waals surface area contributed by atoms with Gasteiger partial charge < -0.3 is 10.3 Å². The lowest BCUT2D eigenvalue weighted by atomic mass is 10.1. The van der Waals surface area contributed by atoms with E-state index in [0.717, 1.165) is 32.9 Å². The van der Waals surface area contributed by atoms with Crippen LogP contribution in [0.15, 0.2) is 78.9 Å². The van der Waals surface area contributed by atoms with Gasteiger partial charge in [0.1, 0.15) is 5.69 Å². The highest BCUT2D eigenvalue weighted by molar-refractivity contribution is 6.31. The summed E-state index contributed by atoms with van der Waals surface area (Å²) >= 11 is 12.3. The highest BCUT2D eigenvalue weighted by Crippen LogP contribution is 2.33. The third-order valence-electron chi connectivity index (χ3n) is 5.17. The summed E-state index contributed by atoms with van der Waals surface area (Å²) in [6, 6.07) is 24.7. The standard InChI is InChI=1S/C25H17Cl2N3O/c26-17-7-3-5-15(11-17)14-28-25(31)22-13-20-19-9-1-2-10-21(19)29-24(20)23(30-22)16-6-4-8-18(27)12-16/h1-13,29H,14H2,(H,28,31). The summed E-state index contributed by atoms with van der Waals surface area (Å²) in [6.45, 7) is 0.361. The van der Waals surface area contributed by atoms with Crippen molar-refractivity contribution in [3.63, 3.8) is 0 Å². The van der Waals surface area contributed by atoms with Crippen LogP contribution in [-0.4, -0.2) is 15.9 Å². The molecule has 0 aliphatic heterocycles. The van der Waals surface area contributed by atoms with Crippen LogP contribution in [0.25, 0.3) is 33.1 Å². The molecule has 0 saturated carbocycles. The summed E-state index contributed by atoms with van der Waals surface area (Å²) in [6.07, 6.45) is 0. The Labute approximate surface area is 188 Å². The number of aromatic nitrogens is 2. The van der Waals surface area contributed by atoms with Crippen LogP contribution in [0.2, 0.25) is 10.0 Å². The second kappa shape index (κ2) is 8.06. The van der Waals surface area contributed by atoms with Crippen molar-refractivity contribution in [1.29, 1.82) is 0 Å². The normalized spacial score (nSPS) is 11.2. The number of fused-ring (bicyclic) bond motifs is 3. The van der Waals surface area contributed by atoms with Gasteiger partial charge >= 0.3 is 0 Å². The number of carbonyl (C=O) groups excluding carboxylic acids is 1. The van der Waals surface area contributed by atoms with Crippen LogP contribution < -0.4 is 5.32 Å². The van der Waals surface area contributed by atoms with E-state index in [1.165, 1.54) is 0 Å². The lowest BCUT2D eigenvalue weighted by Crippen LogP contribution is -2.24. The fourth-order valence-electron chi connectivity index (χ4n) is 3.73. The fourth-order valence-corrected chi connectivity index (χ4v) is 4.13. The van der Waals surface area contributed by atoms with Crippen LogP contribution in [0.1, 0.15) is 16.1 Å². The van der Waals surface area contributed by atoms with E-state index in [2.05, 4.69) is 10.3 Å². The second-order valence-electron chi connectivity index (χ2n) is 7.27. The molecule has 0 fully saturated rings. The minimum absolute atomic E-state index is 0.254. The Morgan fingerprint density at radius 1 is 0.871 bits per heavy atom. The van der Waals surface area contributed by atoms with E-state index in [9.17, 15) is 4.79 Å². The third kappa shape index (κ3) is 3.88. The number of amides is 1. The average molecular weight is 446 g/mol. The molecular weight excluding hydrogens is 429 g/mol. The predicted octanol–water partition coefficient (Wildman–Crippen LogP) is 6.62. The first-order valence-corrected chi connectivity index (χ1v) is 10.5. The van der Waals surface area contributed by atoms with Crippen molar-refractivity contribution in [3.05, 3.63) is 100 Å². The zero-order valence-electron chi connectivity index (χ0n) is 16.3. The number of hydrogen-bond acceptors (Lipinski definition) is 2. The molecule has 6 heteroatoms. The van der Waals surface area contributed by atoms with E-state index in [-0.39, 0.29) is 5.91 Å². The van der Waals surface area contributed by atoms with Crippen molar-refractivity contribution >= 4 is 50.9 Å². The van der Waals surface area contributed by atoms with Crippen molar-refractivity contribution in [2.24, 2.45) is 0 Å². The van der Waals surface area contributed by atoms with Gasteiger partial charge in [0, 0.05) is 38.4 Å². The molecule has 152 valence electrons. The van der Waals surface area contributed by atoms with Gasteiger partial charge in [0.15, 0.2) is 0 Å². The number of halogens is 2. The van der Waals surface area contributed by atoms with Crippen LogP contribution in [0.5, 0.6) is 0 Å².